The first-order valence-electron chi connectivity index (χ1n) is 8.61. The molecular formula is C20H18ClFN4O. The van der Waals surface area contributed by atoms with Crippen LogP contribution in [-0.2, 0) is 4.79 Å². The predicted octanol–water partition coefficient (Wildman–Crippen LogP) is 3.75. The van der Waals surface area contributed by atoms with Crippen LogP contribution < -0.4 is 10.3 Å². The van der Waals surface area contributed by atoms with E-state index < -0.39 is 5.54 Å². The Morgan fingerprint density at radius 3 is 2.67 bits per heavy atom. The van der Waals surface area contributed by atoms with E-state index in [1.807, 2.05) is 30.0 Å². The normalized spacial score (nSPS) is 20.7. The second kappa shape index (κ2) is 6.16. The molecule has 4 rings (SSSR count). The maximum absolute atomic E-state index is 14.2. The molecule has 5 nitrogen and oxygen atoms in total. The summed E-state index contributed by atoms with van der Waals surface area (Å²) < 4.78 is 14.2. The number of anilines is 1. The van der Waals surface area contributed by atoms with Gasteiger partial charge in [0, 0.05) is 16.1 Å². The van der Waals surface area contributed by atoms with Crippen LogP contribution in [0.3, 0.4) is 0 Å². The van der Waals surface area contributed by atoms with Crippen molar-refractivity contribution in [1.29, 1.82) is 0 Å². The third kappa shape index (κ3) is 2.72. The molecule has 1 unspecified atom stereocenters. The second-order valence-corrected chi connectivity index (χ2v) is 7.51. The van der Waals surface area contributed by atoms with Crippen molar-refractivity contribution in [2.24, 2.45) is 10.1 Å². The molecule has 2 aliphatic heterocycles. The number of carbonyl (C=O) groups excluding carboxylic acids is 1. The van der Waals surface area contributed by atoms with Crippen molar-refractivity contribution in [3.63, 3.8) is 0 Å². The minimum Gasteiger partial charge on any atom is -0.311 e. The Kier molecular flexibility index (Phi) is 4.03. The number of hydrogen-bond donors (Lipinski definition) is 1. The van der Waals surface area contributed by atoms with Crippen LogP contribution >= 0.6 is 11.6 Å². The molecule has 0 saturated heterocycles. The van der Waals surface area contributed by atoms with Crippen molar-refractivity contribution in [1.82, 2.24) is 5.43 Å². The fourth-order valence-electron chi connectivity index (χ4n) is 3.47. The summed E-state index contributed by atoms with van der Waals surface area (Å²) in [7, 11) is 0. The van der Waals surface area contributed by atoms with Crippen LogP contribution in [-0.4, -0.2) is 29.0 Å². The molecule has 0 radical (unpaired) electrons. The van der Waals surface area contributed by atoms with Crippen LogP contribution in [0.5, 0.6) is 0 Å². The number of halogens is 2. The van der Waals surface area contributed by atoms with Gasteiger partial charge in [-0.25, -0.2) is 9.82 Å². The molecule has 2 heterocycles. The molecular weight excluding hydrogens is 367 g/mol. The van der Waals surface area contributed by atoms with E-state index >= 15 is 0 Å². The van der Waals surface area contributed by atoms with Gasteiger partial charge < -0.3 is 4.90 Å². The van der Waals surface area contributed by atoms with Gasteiger partial charge in [0.2, 0.25) is 0 Å². The zero-order valence-corrected chi connectivity index (χ0v) is 15.9. The van der Waals surface area contributed by atoms with Gasteiger partial charge in [-0.3, -0.25) is 9.79 Å². The molecule has 0 saturated carbocycles. The summed E-state index contributed by atoms with van der Waals surface area (Å²) in [5.74, 6) is -0.0368. The number of rotatable bonds is 1. The van der Waals surface area contributed by atoms with Crippen LogP contribution in [0.2, 0.25) is 5.02 Å². The number of nitrogens with one attached hydrogen (secondary N) is 1. The summed E-state index contributed by atoms with van der Waals surface area (Å²) in [5.41, 5.74) is 4.18. The Hall–Kier alpha value is -2.73. The number of aliphatic imine (C=N–C) groups is 1. The van der Waals surface area contributed by atoms with E-state index in [0.717, 1.165) is 0 Å². The van der Waals surface area contributed by atoms with Crippen molar-refractivity contribution >= 4 is 34.7 Å². The highest BCUT2D eigenvalue weighted by Crippen LogP contribution is 2.36. The van der Waals surface area contributed by atoms with Gasteiger partial charge in [-0.1, -0.05) is 29.8 Å². The quantitative estimate of drug-likeness (QED) is 0.814. The van der Waals surface area contributed by atoms with Gasteiger partial charge in [0.25, 0.3) is 5.91 Å². The highest BCUT2D eigenvalue weighted by molar-refractivity contribution is 6.36. The smallest absolute Gasteiger partial charge is 0.265 e. The summed E-state index contributed by atoms with van der Waals surface area (Å²) in [6, 6.07) is 11.4. The Labute approximate surface area is 161 Å². The lowest BCUT2D eigenvalue weighted by atomic mass is 9.95. The Bertz CT molecular complexity index is 1010. The zero-order chi connectivity index (χ0) is 19.3. The lowest BCUT2D eigenvalue weighted by molar-refractivity contribution is -0.125. The van der Waals surface area contributed by atoms with Crippen molar-refractivity contribution in [3.05, 3.63) is 64.4 Å². The first kappa shape index (κ1) is 17.7. The standard InChI is InChI=1S/C20H18ClFN4O/c1-11-18-24-25-19(27)20(2,3)26(18)16-9-8-12(22)10-14(16)17(23-11)13-6-4-5-7-15(13)21/h4-11H,1-3H3,(H,25,27). The Balaban J connectivity index is 2.04. The van der Waals surface area contributed by atoms with Crippen LogP contribution in [0, 0.1) is 5.82 Å². The number of nitrogens with zero attached hydrogens (tertiary/aromatic N) is 3. The Morgan fingerprint density at radius 2 is 1.93 bits per heavy atom. The second-order valence-electron chi connectivity index (χ2n) is 7.10. The van der Waals surface area contributed by atoms with E-state index in [1.54, 1.807) is 26.0 Å². The van der Waals surface area contributed by atoms with E-state index in [9.17, 15) is 9.18 Å². The van der Waals surface area contributed by atoms with E-state index in [1.165, 1.54) is 12.1 Å². The number of benzene rings is 2. The van der Waals surface area contributed by atoms with Crippen molar-refractivity contribution in [3.8, 4) is 0 Å². The predicted molar refractivity (Wildman–Crippen MR) is 105 cm³/mol. The lowest BCUT2D eigenvalue weighted by Gasteiger charge is -2.42. The average Bonchev–Trinajstić information content (AvgIpc) is 2.74. The average molecular weight is 385 g/mol. The van der Waals surface area contributed by atoms with Gasteiger partial charge >= 0.3 is 0 Å². The highest BCUT2D eigenvalue weighted by atomic mass is 35.5. The van der Waals surface area contributed by atoms with Gasteiger partial charge in [-0.05, 0) is 45.0 Å². The summed E-state index contributed by atoms with van der Waals surface area (Å²) in [6.07, 6.45) is 0. The van der Waals surface area contributed by atoms with Crippen molar-refractivity contribution in [2.75, 3.05) is 4.90 Å². The molecule has 2 aromatic rings. The number of carbonyl (C=O) groups is 1. The van der Waals surface area contributed by atoms with E-state index in [0.29, 0.717) is 33.4 Å². The fraction of sp³-hybridized carbons (Fsp3) is 0.250. The number of fused-ring (bicyclic) bond motifs is 3. The molecule has 0 fully saturated rings. The molecule has 2 aliphatic rings. The minimum absolute atomic E-state index is 0.241. The first-order valence-corrected chi connectivity index (χ1v) is 8.99. The molecule has 0 bridgehead atoms. The maximum atomic E-state index is 14.2. The summed E-state index contributed by atoms with van der Waals surface area (Å²) in [6.45, 7) is 5.49. The monoisotopic (exact) mass is 384 g/mol. The zero-order valence-electron chi connectivity index (χ0n) is 15.1. The van der Waals surface area contributed by atoms with Gasteiger partial charge in [-0.15, -0.1) is 0 Å². The summed E-state index contributed by atoms with van der Waals surface area (Å²) >= 11 is 6.41. The molecule has 1 amide bonds. The van der Waals surface area contributed by atoms with Gasteiger partial charge in [0.15, 0.2) is 5.84 Å². The van der Waals surface area contributed by atoms with Crippen LogP contribution in [0.1, 0.15) is 31.9 Å². The van der Waals surface area contributed by atoms with Gasteiger partial charge in [0.05, 0.1) is 11.4 Å². The summed E-state index contributed by atoms with van der Waals surface area (Å²) in [5, 5.41) is 4.77. The molecule has 27 heavy (non-hydrogen) atoms. The minimum atomic E-state index is -0.913. The molecule has 7 heteroatoms. The molecule has 138 valence electrons. The van der Waals surface area contributed by atoms with Crippen molar-refractivity contribution < 1.29 is 9.18 Å². The van der Waals surface area contributed by atoms with E-state index in [2.05, 4.69) is 10.5 Å². The third-order valence-electron chi connectivity index (χ3n) is 4.90. The Morgan fingerprint density at radius 1 is 1.19 bits per heavy atom. The molecule has 2 aromatic carbocycles. The third-order valence-corrected chi connectivity index (χ3v) is 5.23. The maximum Gasteiger partial charge on any atom is 0.265 e. The SMILES string of the molecule is CC1N=C(c2ccccc2Cl)c2cc(F)ccc2N2C1=NNC(=O)C2(C)C. The number of amidine groups is 1. The molecule has 1 N–H and O–H groups in total. The van der Waals surface area contributed by atoms with E-state index in [4.69, 9.17) is 16.6 Å². The number of hydrogen-bond acceptors (Lipinski definition) is 4. The summed E-state index contributed by atoms with van der Waals surface area (Å²) in [4.78, 5) is 19.1. The van der Waals surface area contributed by atoms with Crippen LogP contribution in [0.25, 0.3) is 0 Å². The highest BCUT2D eigenvalue weighted by Gasteiger charge is 2.45. The fourth-order valence-corrected chi connectivity index (χ4v) is 3.69. The van der Waals surface area contributed by atoms with Crippen molar-refractivity contribution in [2.45, 2.75) is 32.4 Å². The number of amides is 1. The molecule has 1 atom stereocenters. The number of hydrazone groups is 1. The molecule has 0 aromatic heterocycles. The van der Waals surface area contributed by atoms with Gasteiger partial charge in [0.1, 0.15) is 17.4 Å². The largest absolute Gasteiger partial charge is 0.311 e. The first-order chi connectivity index (χ1) is 12.8. The van der Waals surface area contributed by atoms with E-state index in [-0.39, 0.29) is 17.8 Å². The van der Waals surface area contributed by atoms with Crippen LogP contribution in [0.15, 0.2) is 52.6 Å². The van der Waals surface area contributed by atoms with Crippen LogP contribution in [0.4, 0.5) is 10.1 Å². The molecule has 0 aliphatic carbocycles. The lowest BCUT2D eigenvalue weighted by Crippen LogP contribution is -2.62. The molecule has 0 spiro atoms. The van der Waals surface area contributed by atoms with Gasteiger partial charge in [-0.2, -0.15) is 5.10 Å². The topological polar surface area (TPSA) is 57.1 Å².